The Morgan fingerprint density at radius 2 is 1.69 bits per heavy atom. The van der Waals surface area contributed by atoms with E-state index in [1.807, 2.05) is 36.4 Å². The lowest BCUT2D eigenvalue weighted by molar-refractivity contribution is -0.142. The average molecular weight is 396 g/mol. The predicted octanol–water partition coefficient (Wildman–Crippen LogP) is 3.39. The maximum absolute atomic E-state index is 12.9. The van der Waals surface area contributed by atoms with Crippen molar-refractivity contribution in [1.82, 2.24) is 4.90 Å². The van der Waals surface area contributed by atoms with E-state index in [2.05, 4.69) is 0 Å². The van der Waals surface area contributed by atoms with Crippen LogP contribution in [0.1, 0.15) is 20.8 Å². The minimum Gasteiger partial charge on any atom is -0.480 e. The first-order chi connectivity index (χ1) is 13.7. The van der Waals surface area contributed by atoms with Crippen molar-refractivity contribution >= 4 is 23.7 Å². The van der Waals surface area contributed by atoms with Crippen LogP contribution in [0.4, 0.5) is 10.5 Å². The number of piperazine rings is 1. The number of rotatable bonds is 3. The maximum atomic E-state index is 12.9. The summed E-state index contributed by atoms with van der Waals surface area (Å²) in [6.45, 7) is 4.76. The van der Waals surface area contributed by atoms with E-state index in [0.29, 0.717) is 5.69 Å². The van der Waals surface area contributed by atoms with E-state index in [1.54, 1.807) is 39.0 Å². The minimum absolute atomic E-state index is 0.147. The molecule has 3 rings (SSSR count). The Bertz CT molecular complexity index is 920. The summed E-state index contributed by atoms with van der Waals surface area (Å²) < 4.78 is 5.29. The molecule has 1 heterocycles. The highest BCUT2D eigenvalue weighted by atomic mass is 16.6. The summed E-state index contributed by atoms with van der Waals surface area (Å²) in [5, 5.41) is 9.73. The largest absolute Gasteiger partial charge is 0.480 e. The molecule has 152 valence electrons. The molecule has 1 N–H and O–H groups in total. The van der Waals surface area contributed by atoms with Crippen LogP contribution in [0.25, 0.3) is 11.1 Å². The smallest absolute Gasteiger partial charge is 0.410 e. The standard InChI is InChI=1S/C22H24N2O5/c1-22(2,3)29-21(28)23-13-18(20(26)27)24(19(25)14-23)17-11-7-10-16(12-17)15-8-5-4-6-9-15/h4-12,18H,13-14H2,1-3H3,(H,26,27). The van der Waals surface area contributed by atoms with Gasteiger partial charge in [0.25, 0.3) is 0 Å². The molecular formula is C22H24N2O5. The zero-order chi connectivity index (χ0) is 21.2. The summed E-state index contributed by atoms with van der Waals surface area (Å²) >= 11 is 0. The van der Waals surface area contributed by atoms with Crippen LogP contribution in [0, 0.1) is 0 Å². The lowest BCUT2D eigenvalue weighted by Crippen LogP contribution is -2.61. The topological polar surface area (TPSA) is 87.2 Å². The second kappa shape index (κ2) is 7.95. The molecule has 0 aliphatic carbocycles. The molecule has 0 radical (unpaired) electrons. The van der Waals surface area contributed by atoms with Gasteiger partial charge in [-0.25, -0.2) is 9.59 Å². The van der Waals surface area contributed by atoms with E-state index in [9.17, 15) is 19.5 Å². The molecular weight excluding hydrogens is 372 g/mol. The molecule has 2 amide bonds. The van der Waals surface area contributed by atoms with Crippen LogP contribution in [0.2, 0.25) is 0 Å². The van der Waals surface area contributed by atoms with Gasteiger partial charge in [-0.15, -0.1) is 0 Å². The number of carbonyl (C=O) groups is 3. The van der Waals surface area contributed by atoms with Crippen molar-refractivity contribution in [3.05, 3.63) is 54.6 Å². The second-order valence-corrected chi connectivity index (χ2v) is 7.89. The molecule has 0 bridgehead atoms. The first kappa shape index (κ1) is 20.4. The molecule has 0 spiro atoms. The van der Waals surface area contributed by atoms with Crippen LogP contribution in [0.15, 0.2) is 54.6 Å². The van der Waals surface area contributed by atoms with Crippen LogP contribution < -0.4 is 4.90 Å². The van der Waals surface area contributed by atoms with Crippen molar-refractivity contribution in [3.8, 4) is 11.1 Å². The number of aliphatic carboxylic acids is 1. The maximum Gasteiger partial charge on any atom is 0.410 e. The molecule has 1 saturated heterocycles. The van der Waals surface area contributed by atoms with Gasteiger partial charge in [-0.1, -0.05) is 42.5 Å². The summed E-state index contributed by atoms with van der Waals surface area (Å²) in [6, 6.07) is 15.6. The molecule has 7 nitrogen and oxygen atoms in total. The van der Waals surface area contributed by atoms with Crippen molar-refractivity contribution in [2.45, 2.75) is 32.4 Å². The number of carboxylic acids is 1. The van der Waals surface area contributed by atoms with Crippen LogP contribution >= 0.6 is 0 Å². The number of ether oxygens (including phenoxy) is 1. The molecule has 1 unspecified atom stereocenters. The van der Waals surface area contributed by atoms with E-state index in [4.69, 9.17) is 4.74 Å². The number of carbonyl (C=O) groups excluding carboxylic acids is 2. The van der Waals surface area contributed by atoms with Gasteiger partial charge in [0.05, 0.1) is 6.54 Å². The fourth-order valence-electron chi connectivity index (χ4n) is 3.21. The van der Waals surface area contributed by atoms with Crippen LogP contribution in [0.3, 0.4) is 0 Å². The third kappa shape index (κ3) is 4.74. The van der Waals surface area contributed by atoms with Gasteiger partial charge >= 0.3 is 12.1 Å². The van der Waals surface area contributed by atoms with E-state index in [-0.39, 0.29) is 13.1 Å². The minimum atomic E-state index is -1.20. The lowest BCUT2D eigenvalue weighted by atomic mass is 10.0. The van der Waals surface area contributed by atoms with Gasteiger partial charge in [-0.3, -0.25) is 14.6 Å². The number of benzene rings is 2. The van der Waals surface area contributed by atoms with Crippen molar-refractivity contribution in [2.24, 2.45) is 0 Å². The monoisotopic (exact) mass is 396 g/mol. The molecule has 2 aromatic carbocycles. The average Bonchev–Trinajstić information content (AvgIpc) is 2.66. The molecule has 29 heavy (non-hydrogen) atoms. The zero-order valence-corrected chi connectivity index (χ0v) is 16.7. The number of anilines is 1. The number of carboxylic acid groups (broad SMARTS) is 1. The Kier molecular flexibility index (Phi) is 5.59. The van der Waals surface area contributed by atoms with Crippen LogP contribution in [-0.4, -0.2) is 52.7 Å². The van der Waals surface area contributed by atoms with E-state index in [0.717, 1.165) is 16.0 Å². The molecule has 1 fully saturated rings. The molecule has 1 aliphatic heterocycles. The van der Waals surface area contributed by atoms with E-state index >= 15 is 0 Å². The summed E-state index contributed by atoms with van der Waals surface area (Å²) in [7, 11) is 0. The Labute approximate surface area is 169 Å². The Hall–Kier alpha value is -3.35. The molecule has 0 saturated carbocycles. The predicted molar refractivity (Wildman–Crippen MR) is 109 cm³/mol. The van der Waals surface area contributed by atoms with E-state index in [1.165, 1.54) is 4.90 Å². The number of nitrogens with zero attached hydrogens (tertiary/aromatic N) is 2. The Balaban J connectivity index is 1.89. The summed E-state index contributed by atoms with van der Waals surface area (Å²) in [5.41, 5.74) is 1.57. The fourth-order valence-corrected chi connectivity index (χ4v) is 3.21. The van der Waals surface area contributed by atoms with E-state index < -0.39 is 29.6 Å². The zero-order valence-electron chi connectivity index (χ0n) is 16.7. The number of hydrogen-bond acceptors (Lipinski definition) is 4. The summed E-state index contributed by atoms with van der Waals surface area (Å²) in [6.07, 6.45) is -0.699. The van der Waals surface area contributed by atoms with Gasteiger partial charge < -0.3 is 9.84 Å². The number of amides is 2. The fraction of sp³-hybridized carbons (Fsp3) is 0.318. The lowest BCUT2D eigenvalue weighted by Gasteiger charge is -2.39. The quantitative estimate of drug-likeness (QED) is 0.859. The van der Waals surface area contributed by atoms with Crippen molar-refractivity contribution in [2.75, 3.05) is 18.0 Å². The van der Waals surface area contributed by atoms with Gasteiger partial charge in [0.2, 0.25) is 5.91 Å². The highest BCUT2D eigenvalue weighted by Gasteiger charge is 2.41. The molecule has 1 aliphatic rings. The van der Waals surface area contributed by atoms with Crippen molar-refractivity contribution in [1.29, 1.82) is 0 Å². The molecule has 7 heteroatoms. The van der Waals surface area contributed by atoms with Gasteiger partial charge in [-0.05, 0) is 44.0 Å². The molecule has 2 aromatic rings. The van der Waals surface area contributed by atoms with Gasteiger partial charge in [0.1, 0.15) is 12.1 Å². The number of hydrogen-bond donors (Lipinski definition) is 1. The molecule has 1 atom stereocenters. The van der Waals surface area contributed by atoms with Crippen molar-refractivity contribution in [3.63, 3.8) is 0 Å². The van der Waals surface area contributed by atoms with Gasteiger partial charge in [-0.2, -0.15) is 0 Å². The van der Waals surface area contributed by atoms with Crippen LogP contribution in [-0.2, 0) is 14.3 Å². The van der Waals surface area contributed by atoms with Crippen molar-refractivity contribution < 1.29 is 24.2 Å². The summed E-state index contributed by atoms with van der Waals surface area (Å²) in [4.78, 5) is 39.5. The van der Waals surface area contributed by atoms with Gasteiger partial charge in [0, 0.05) is 5.69 Å². The third-order valence-corrected chi connectivity index (χ3v) is 4.47. The first-order valence-electron chi connectivity index (χ1n) is 9.34. The third-order valence-electron chi connectivity index (χ3n) is 4.47. The highest BCUT2D eigenvalue weighted by molar-refractivity contribution is 6.03. The molecule has 0 aromatic heterocycles. The van der Waals surface area contributed by atoms with Gasteiger partial charge in [0.15, 0.2) is 6.04 Å². The first-order valence-corrected chi connectivity index (χ1v) is 9.34. The van der Waals surface area contributed by atoms with Crippen LogP contribution in [0.5, 0.6) is 0 Å². The Morgan fingerprint density at radius 1 is 1.03 bits per heavy atom. The normalized spacial score (nSPS) is 17.2. The summed E-state index contributed by atoms with van der Waals surface area (Å²) in [5.74, 6) is -1.66. The SMILES string of the molecule is CC(C)(C)OC(=O)N1CC(=O)N(c2cccc(-c3ccccc3)c2)C(C(=O)O)C1. The Morgan fingerprint density at radius 3 is 2.31 bits per heavy atom. The highest BCUT2D eigenvalue weighted by Crippen LogP contribution is 2.28. The second-order valence-electron chi connectivity index (χ2n) is 7.89.